The third kappa shape index (κ3) is 3.83. The summed E-state index contributed by atoms with van der Waals surface area (Å²) in [6.45, 7) is 3.36. The molecule has 0 bridgehead atoms. The Morgan fingerprint density at radius 3 is 3.18 bits per heavy atom. The first-order valence-electron chi connectivity index (χ1n) is 5.96. The number of hydrogen-bond donors (Lipinski definition) is 2. The van der Waals surface area contributed by atoms with Gasteiger partial charge in [-0.05, 0) is 54.7 Å². The van der Waals surface area contributed by atoms with Crippen molar-refractivity contribution < 1.29 is 0 Å². The number of rotatable bonds is 4. The van der Waals surface area contributed by atoms with Gasteiger partial charge in [0.1, 0.15) is 5.15 Å². The Kier molecular flexibility index (Phi) is 4.65. The molecule has 1 aliphatic heterocycles. The summed E-state index contributed by atoms with van der Waals surface area (Å²) >= 11 is 9.24. The van der Waals surface area contributed by atoms with Gasteiger partial charge in [0.05, 0.1) is 16.4 Å². The van der Waals surface area contributed by atoms with E-state index < -0.39 is 0 Å². The number of pyridine rings is 1. The van der Waals surface area contributed by atoms with Crippen molar-refractivity contribution in [3.8, 4) is 0 Å². The van der Waals surface area contributed by atoms with Gasteiger partial charge >= 0.3 is 0 Å². The maximum absolute atomic E-state index is 5.86. The maximum Gasteiger partial charge on any atom is 0.143 e. The molecule has 2 N–H and O–H groups in total. The van der Waals surface area contributed by atoms with Gasteiger partial charge in [-0.3, -0.25) is 0 Å². The summed E-state index contributed by atoms with van der Waals surface area (Å²) < 4.78 is 0.829. The Labute approximate surface area is 115 Å². The predicted molar refractivity (Wildman–Crippen MR) is 75.7 cm³/mol. The highest BCUT2D eigenvalue weighted by atomic mass is 79.9. The van der Waals surface area contributed by atoms with Crippen LogP contribution in [0.1, 0.15) is 26.2 Å². The second kappa shape index (κ2) is 6.03. The summed E-state index contributed by atoms with van der Waals surface area (Å²) in [6, 6.07) is 3.05. The van der Waals surface area contributed by atoms with Crippen LogP contribution in [0.2, 0.25) is 5.15 Å². The highest BCUT2D eigenvalue weighted by Gasteiger charge is 2.17. The molecule has 3 nitrogen and oxygen atoms in total. The fraction of sp³-hybridized carbons (Fsp3) is 0.583. The van der Waals surface area contributed by atoms with Crippen molar-refractivity contribution >= 4 is 33.2 Å². The molecule has 0 amide bonds. The topological polar surface area (TPSA) is 37.0 Å². The number of nitrogens with one attached hydrogen (secondary N) is 2. The minimum absolute atomic E-state index is 0.431. The first kappa shape index (κ1) is 13.1. The summed E-state index contributed by atoms with van der Waals surface area (Å²) in [6.07, 6.45) is 5.49. The Hall–Kier alpha value is -0.320. The lowest BCUT2D eigenvalue weighted by Gasteiger charge is -2.19. The fourth-order valence-electron chi connectivity index (χ4n) is 2.23. The molecular formula is C12H17BrClN3. The molecule has 1 aromatic rings. The monoisotopic (exact) mass is 317 g/mol. The van der Waals surface area contributed by atoms with Crippen LogP contribution in [-0.2, 0) is 0 Å². The Morgan fingerprint density at radius 2 is 2.53 bits per heavy atom. The summed E-state index contributed by atoms with van der Waals surface area (Å²) in [5.41, 5.74) is 1.01. The van der Waals surface area contributed by atoms with E-state index in [-0.39, 0.29) is 0 Å². The average Bonchev–Trinajstić information content (AvgIpc) is 2.76. The highest BCUT2D eigenvalue weighted by molar-refractivity contribution is 9.10. The zero-order chi connectivity index (χ0) is 12.3. The fourth-order valence-corrected chi connectivity index (χ4v) is 2.68. The SMILES string of the molecule is CC(CC1CCCN1)Nc1cnc(Cl)c(Br)c1. The second-order valence-electron chi connectivity index (χ2n) is 4.57. The summed E-state index contributed by atoms with van der Waals surface area (Å²) in [7, 11) is 0. The van der Waals surface area contributed by atoms with E-state index in [0.717, 1.165) is 23.1 Å². The second-order valence-corrected chi connectivity index (χ2v) is 5.78. The molecule has 0 spiro atoms. The molecule has 1 saturated heterocycles. The molecule has 0 radical (unpaired) electrons. The lowest BCUT2D eigenvalue weighted by Crippen LogP contribution is -2.29. The molecule has 0 aliphatic carbocycles. The van der Waals surface area contributed by atoms with Gasteiger partial charge in [-0.15, -0.1) is 0 Å². The number of aromatic nitrogens is 1. The van der Waals surface area contributed by atoms with Gasteiger partial charge in [0, 0.05) is 12.1 Å². The molecule has 5 heteroatoms. The van der Waals surface area contributed by atoms with Gasteiger partial charge in [-0.2, -0.15) is 0 Å². The van der Waals surface area contributed by atoms with Crippen LogP contribution in [0.3, 0.4) is 0 Å². The molecule has 2 atom stereocenters. The number of halogens is 2. The number of nitrogens with zero attached hydrogens (tertiary/aromatic N) is 1. The van der Waals surface area contributed by atoms with Crippen LogP contribution in [-0.4, -0.2) is 23.6 Å². The molecule has 2 rings (SSSR count). The van der Waals surface area contributed by atoms with E-state index in [1.807, 2.05) is 6.07 Å². The van der Waals surface area contributed by atoms with E-state index in [1.54, 1.807) is 6.20 Å². The van der Waals surface area contributed by atoms with Crippen LogP contribution in [0.5, 0.6) is 0 Å². The van der Waals surface area contributed by atoms with E-state index in [4.69, 9.17) is 11.6 Å². The van der Waals surface area contributed by atoms with Crippen LogP contribution < -0.4 is 10.6 Å². The van der Waals surface area contributed by atoms with Crippen LogP contribution >= 0.6 is 27.5 Å². The van der Waals surface area contributed by atoms with Gasteiger partial charge in [-0.1, -0.05) is 11.6 Å². The van der Waals surface area contributed by atoms with Crippen LogP contribution in [0, 0.1) is 0 Å². The standard InChI is InChI=1S/C12H17BrClN3/c1-8(5-9-3-2-4-15-9)17-10-6-11(13)12(14)16-7-10/h6-9,15,17H,2-5H2,1H3. The molecule has 94 valence electrons. The first-order chi connectivity index (χ1) is 8.15. The normalized spacial score (nSPS) is 21.5. The molecular weight excluding hydrogens is 302 g/mol. The maximum atomic E-state index is 5.86. The van der Waals surface area contributed by atoms with Crippen LogP contribution in [0.25, 0.3) is 0 Å². The lowest BCUT2D eigenvalue weighted by atomic mass is 10.1. The summed E-state index contributed by atoms with van der Waals surface area (Å²) in [4.78, 5) is 4.10. The Balaban J connectivity index is 1.88. The van der Waals surface area contributed by atoms with E-state index >= 15 is 0 Å². The zero-order valence-corrected chi connectivity index (χ0v) is 12.2. The molecule has 2 unspecified atom stereocenters. The molecule has 2 heterocycles. The van der Waals surface area contributed by atoms with Gasteiger partial charge in [0.15, 0.2) is 0 Å². The van der Waals surface area contributed by atoms with Crippen molar-refractivity contribution in [1.29, 1.82) is 0 Å². The van der Waals surface area contributed by atoms with Crippen LogP contribution in [0.4, 0.5) is 5.69 Å². The van der Waals surface area contributed by atoms with Crippen molar-refractivity contribution in [3.05, 3.63) is 21.9 Å². The minimum Gasteiger partial charge on any atom is -0.381 e. The van der Waals surface area contributed by atoms with Gasteiger partial charge < -0.3 is 10.6 Å². The highest BCUT2D eigenvalue weighted by Crippen LogP contribution is 2.23. The average molecular weight is 319 g/mol. The predicted octanol–water partition coefficient (Wildman–Crippen LogP) is 3.44. The van der Waals surface area contributed by atoms with E-state index in [0.29, 0.717) is 17.2 Å². The van der Waals surface area contributed by atoms with Crippen molar-refractivity contribution in [1.82, 2.24) is 10.3 Å². The summed E-state index contributed by atoms with van der Waals surface area (Å²) in [5.74, 6) is 0. The first-order valence-corrected chi connectivity index (χ1v) is 7.13. The molecule has 0 saturated carbocycles. The largest absolute Gasteiger partial charge is 0.381 e. The van der Waals surface area contributed by atoms with E-state index in [9.17, 15) is 0 Å². The quantitative estimate of drug-likeness (QED) is 0.835. The van der Waals surface area contributed by atoms with Crippen molar-refractivity contribution in [2.24, 2.45) is 0 Å². The van der Waals surface area contributed by atoms with Crippen molar-refractivity contribution in [2.75, 3.05) is 11.9 Å². The van der Waals surface area contributed by atoms with Gasteiger partial charge in [-0.25, -0.2) is 4.98 Å². The zero-order valence-electron chi connectivity index (χ0n) is 9.84. The number of anilines is 1. The molecule has 1 fully saturated rings. The van der Waals surface area contributed by atoms with Gasteiger partial charge in [0.2, 0.25) is 0 Å². The van der Waals surface area contributed by atoms with E-state index in [2.05, 4.69) is 38.5 Å². The molecule has 17 heavy (non-hydrogen) atoms. The van der Waals surface area contributed by atoms with Crippen molar-refractivity contribution in [2.45, 2.75) is 38.3 Å². The third-order valence-electron chi connectivity index (χ3n) is 3.01. The molecule has 1 aromatic heterocycles. The number of hydrogen-bond acceptors (Lipinski definition) is 3. The van der Waals surface area contributed by atoms with Gasteiger partial charge in [0.25, 0.3) is 0 Å². The summed E-state index contributed by atoms with van der Waals surface area (Å²) in [5, 5.41) is 7.45. The minimum atomic E-state index is 0.431. The lowest BCUT2D eigenvalue weighted by molar-refractivity contribution is 0.523. The Bertz CT molecular complexity index is 380. The smallest absolute Gasteiger partial charge is 0.143 e. The molecule has 0 aromatic carbocycles. The van der Waals surface area contributed by atoms with E-state index in [1.165, 1.54) is 12.8 Å². The Morgan fingerprint density at radius 1 is 1.71 bits per heavy atom. The molecule has 1 aliphatic rings. The third-order valence-corrected chi connectivity index (χ3v) is 4.14. The van der Waals surface area contributed by atoms with Crippen LogP contribution in [0.15, 0.2) is 16.7 Å². The van der Waals surface area contributed by atoms with Crippen molar-refractivity contribution in [3.63, 3.8) is 0 Å².